The molecule has 0 saturated heterocycles. The number of nitrogens with zero attached hydrogens (tertiary/aromatic N) is 2. The number of para-hydroxylation sites is 1. The molecule has 2 rings (SSSR count). The predicted molar refractivity (Wildman–Crippen MR) is 87.7 cm³/mol. The first kappa shape index (κ1) is 15.5. The summed E-state index contributed by atoms with van der Waals surface area (Å²) in [5.74, 6) is 1.37. The van der Waals surface area contributed by atoms with Crippen LogP contribution in [0.5, 0.6) is 0 Å². The highest BCUT2D eigenvalue weighted by molar-refractivity contribution is 5.90. The van der Waals surface area contributed by atoms with Crippen LogP contribution in [0, 0.1) is 0 Å². The second-order valence-electron chi connectivity index (χ2n) is 5.23. The van der Waals surface area contributed by atoms with Crippen LogP contribution < -0.4 is 10.6 Å². The number of nitrogens with one attached hydrogen (secondary N) is 2. The Morgan fingerprint density at radius 2 is 1.76 bits per heavy atom. The van der Waals surface area contributed by atoms with E-state index in [9.17, 15) is 5.11 Å². The summed E-state index contributed by atoms with van der Waals surface area (Å²) in [7, 11) is 0. The van der Waals surface area contributed by atoms with Gasteiger partial charge >= 0.3 is 0 Å². The van der Waals surface area contributed by atoms with E-state index in [1.54, 1.807) is 0 Å². The lowest BCUT2D eigenvalue weighted by Crippen LogP contribution is -2.35. The van der Waals surface area contributed by atoms with Crippen LogP contribution in [-0.4, -0.2) is 33.8 Å². The SMILES string of the molecule is CCNc1nc(NCC(O)(CC)CC)c2ccccc2n1. The van der Waals surface area contributed by atoms with Crippen molar-refractivity contribution >= 4 is 22.7 Å². The van der Waals surface area contributed by atoms with Crippen LogP contribution in [-0.2, 0) is 0 Å². The average molecular weight is 288 g/mol. The summed E-state index contributed by atoms with van der Waals surface area (Å²) < 4.78 is 0. The number of fused-ring (bicyclic) bond motifs is 1. The fraction of sp³-hybridized carbons (Fsp3) is 0.500. The van der Waals surface area contributed by atoms with Crippen molar-refractivity contribution in [2.45, 2.75) is 39.2 Å². The zero-order valence-corrected chi connectivity index (χ0v) is 13.0. The molecule has 0 saturated carbocycles. The molecule has 21 heavy (non-hydrogen) atoms. The topological polar surface area (TPSA) is 70.1 Å². The maximum atomic E-state index is 10.4. The second-order valence-corrected chi connectivity index (χ2v) is 5.23. The van der Waals surface area contributed by atoms with Crippen molar-refractivity contribution in [3.8, 4) is 0 Å². The van der Waals surface area contributed by atoms with Crippen molar-refractivity contribution in [1.29, 1.82) is 0 Å². The van der Waals surface area contributed by atoms with Crippen molar-refractivity contribution in [1.82, 2.24) is 9.97 Å². The first-order valence-corrected chi connectivity index (χ1v) is 7.58. The van der Waals surface area contributed by atoms with Crippen molar-refractivity contribution in [3.63, 3.8) is 0 Å². The molecular weight excluding hydrogens is 264 g/mol. The third kappa shape index (κ3) is 3.61. The minimum absolute atomic E-state index is 0.479. The number of hydrogen-bond acceptors (Lipinski definition) is 5. The zero-order chi connectivity index (χ0) is 15.3. The Kier molecular flexibility index (Phi) is 4.96. The van der Waals surface area contributed by atoms with Gasteiger partial charge in [-0.3, -0.25) is 0 Å². The number of aromatic nitrogens is 2. The van der Waals surface area contributed by atoms with Gasteiger partial charge in [0.05, 0.1) is 11.1 Å². The van der Waals surface area contributed by atoms with E-state index in [-0.39, 0.29) is 0 Å². The van der Waals surface area contributed by atoms with Crippen LogP contribution in [0.15, 0.2) is 24.3 Å². The molecule has 0 aliphatic heterocycles. The summed E-state index contributed by atoms with van der Waals surface area (Å²) in [5, 5.41) is 17.8. The molecule has 1 aromatic carbocycles. The third-order valence-corrected chi connectivity index (χ3v) is 3.84. The van der Waals surface area contributed by atoms with Gasteiger partial charge in [-0.1, -0.05) is 26.0 Å². The first-order valence-electron chi connectivity index (χ1n) is 7.58. The molecule has 2 aromatic rings. The van der Waals surface area contributed by atoms with Crippen LogP contribution in [0.2, 0.25) is 0 Å². The Hall–Kier alpha value is -1.88. The quantitative estimate of drug-likeness (QED) is 0.730. The molecule has 114 valence electrons. The van der Waals surface area contributed by atoms with Gasteiger partial charge in [-0.15, -0.1) is 0 Å². The lowest BCUT2D eigenvalue weighted by Gasteiger charge is -2.26. The van der Waals surface area contributed by atoms with E-state index < -0.39 is 5.60 Å². The van der Waals surface area contributed by atoms with E-state index in [1.165, 1.54) is 0 Å². The lowest BCUT2D eigenvalue weighted by atomic mass is 9.97. The lowest BCUT2D eigenvalue weighted by molar-refractivity contribution is 0.0456. The van der Waals surface area contributed by atoms with Gasteiger partial charge in [0.25, 0.3) is 0 Å². The number of aliphatic hydroxyl groups is 1. The molecule has 3 N–H and O–H groups in total. The normalized spacial score (nSPS) is 11.6. The van der Waals surface area contributed by atoms with E-state index in [2.05, 4.69) is 20.6 Å². The summed E-state index contributed by atoms with van der Waals surface area (Å²) >= 11 is 0. The highest BCUT2D eigenvalue weighted by Crippen LogP contribution is 2.23. The highest BCUT2D eigenvalue weighted by Gasteiger charge is 2.22. The first-order chi connectivity index (χ1) is 10.1. The number of hydrogen-bond donors (Lipinski definition) is 3. The van der Waals surface area contributed by atoms with E-state index in [4.69, 9.17) is 0 Å². The molecule has 1 aromatic heterocycles. The van der Waals surface area contributed by atoms with Crippen molar-refractivity contribution in [3.05, 3.63) is 24.3 Å². The molecule has 0 spiro atoms. The van der Waals surface area contributed by atoms with Crippen LogP contribution >= 0.6 is 0 Å². The second kappa shape index (κ2) is 6.72. The van der Waals surface area contributed by atoms with Gasteiger partial charge in [0, 0.05) is 18.5 Å². The predicted octanol–water partition coefficient (Wildman–Crippen LogP) is 3.02. The summed E-state index contributed by atoms with van der Waals surface area (Å²) in [5.41, 5.74) is 0.187. The molecule has 5 heteroatoms. The zero-order valence-electron chi connectivity index (χ0n) is 13.0. The van der Waals surface area contributed by atoms with E-state index in [0.29, 0.717) is 25.3 Å². The van der Waals surface area contributed by atoms with Crippen molar-refractivity contribution < 1.29 is 5.11 Å². The van der Waals surface area contributed by atoms with Crippen LogP contribution in [0.25, 0.3) is 10.9 Å². The average Bonchev–Trinajstić information content (AvgIpc) is 2.52. The molecule has 5 nitrogen and oxygen atoms in total. The van der Waals surface area contributed by atoms with Gasteiger partial charge < -0.3 is 15.7 Å². The fourth-order valence-electron chi connectivity index (χ4n) is 2.20. The minimum Gasteiger partial charge on any atom is -0.388 e. The molecule has 0 radical (unpaired) electrons. The van der Waals surface area contributed by atoms with Crippen LogP contribution in [0.4, 0.5) is 11.8 Å². The van der Waals surface area contributed by atoms with E-state index in [1.807, 2.05) is 45.0 Å². The molecule has 0 fully saturated rings. The van der Waals surface area contributed by atoms with Gasteiger partial charge in [0.2, 0.25) is 5.95 Å². The minimum atomic E-state index is -0.704. The van der Waals surface area contributed by atoms with E-state index >= 15 is 0 Å². The fourth-order valence-corrected chi connectivity index (χ4v) is 2.20. The molecular formula is C16H24N4O. The molecule has 0 atom stereocenters. The molecule has 0 unspecified atom stereocenters. The Morgan fingerprint density at radius 1 is 1.05 bits per heavy atom. The van der Waals surface area contributed by atoms with Gasteiger partial charge in [0.15, 0.2) is 0 Å². The van der Waals surface area contributed by atoms with Crippen LogP contribution in [0.3, 0.4) is 0 Å². The highest BCUT2D eigenvalue weighted by atomic mass is 16.3. The smallest absolute Gasteiger partial charge is 0.225 e. The number of benzene rings is 1. The molecule has 0 bridgehead atoms. The van der Waals surface area contributed by atoms with E-state index in [0.717, 1.165) is 23.3 Å². The molecule has 1 heterocycles. The maximum Gasteiger partial charge on any atom is 0.225 e. The van der Waals surface area contributed by atoms with Gasteiger partial charge in [-0.2, -0.15) is 4.98 Å². The molecule has 0 aliphatic carbocycles. The summed E-state index contributed by atoms with van der Waals surface area (Å²) in [6.07, 6.45) is 1.42. The number of rotatable bonds is 7. The van der Waals surface area contributed by atoms with Gasteiger partial charge in [0.1, 0.15) is 5.82 Å². The largest absolute Gasteiger partial charge is 0.388 e. The Labute approximate surface area is 125 Å². The van der Waals surface area contributed by atoms with Gasteiger partial charge in [-0.25, -0.2) is 4.98 Å². The number of anilines is 2. The summed E-state index contributed by atoms with van der Waals surface area (Å²) in [4.78, 5) is 9.00. The van der Waals surface area contributed by atoms with Crippen molar-refractivity contribution in [2.24, 2.45) is 0 Å². The standard InChI is InChI=1S/C16H24N4O/c1-4-16(21,5-2)11-18-14-12-9-7-8-10-13(12)19-15(20-14)17-6-3/h7-10,21H,4-6,11H2,1-3H3,(H2,17,18,19,20). The summed E-state index contributed by atoms with van der Waals surface area (Å²) in [6, 6.07) is 7.89. The maximum absolute atomic E-state index is 10.4. The van der Waals surface area contributed by atoms with Crippen molar-refractivity contribution in [2.75, 3.05) is 23.7 Å². The third-order valence-electron chi connectivity index (χ3n) is 3.84. The summed E-state index contributed by atoms with van der Waals surface area (Å²) in [6.45, 7) is 7.25. The Morgan fingerprint density at radius 3 is 2.43 bits per heavy atom. The Bertz CT molecular complexity index is 596. The molecule has 0 amide bonds. The monoisotopic (exact) mass is 288 g/mol. The van der Waals surface area contributed by atoms with Crippen LogP contribution in [0.1, 0.15) is 33.6 Å². The molecule has 0 aliphatic rings. The van der Waals surface area contributed by atoms with Gasteiger partial charge in [-0.05, 0) is 31.9 Å². The Balaban J connectivity index is 2.32.